The van der Waals surface area contributed by atoms with E-state index in [1.165, 1.54) is 7.11 Å². The number of esters is 1. The first-order valence-corrected chi connectivity index (χ1v) is 3.01. The summed E-state index contributed by atoms with van der Waals surface area (Å²) in [6.45, 7) is 5.77. The second-order valence-corrected chi connectivity index (χ2v) is 2.17. The highest BCUT2D eigenvalue weighted by atomic mass is 16.5. The van der Waals surface area contributed by atoms with Gasteiger partial charge in [-0.05, 0) is 6.92 Å². The predicted octanol–water partition coefficient (Wildman–Crippen LogP) is 0.625. The number of methoxy groups -OCH3 is 1. The third kappa shape index (κ3) is 3.12. The fourth-order valence-electron chi connectivity index (χ4n) is 0.393. The van der Waals surface area contributed by atoms with Crippen LogP contribution in [0, 0.1) is 0 Å². The summed E-state index contributed by atoms with van der Waals surface area (Å²) in [5, 5.41) is 0. The maximum atomic E-state index is 10.6. The van der Waals surface area contributed by atoms with Crippen LogP contribution in [0.4, 0.5) is 0 Å². The van der Waals surface area contributed by atoms with Gasteiger partial charge in [0.1, 0.15) is 6.54 Å². The Kier molecular flexibility index (Phi) is 3.54. The molecule has 0 bridgehead atoms. The van der Waals surface area contributed by atoms with Gasteiger partial charge in [-0.25, -0.2) is 0 Å². The lowest BCUT2D eigenvalue weighted by molar-refractivity contribution is -0.141. The molecule has 0 radical (unpaired) electrons. The lowest BCUT2D eigenvalue weighted by atomic mass is 10.4. The van der Waals surface area contributed by atoms with Gasteiger partial charge < -0.3 is 9.64 Å². The quantitative estimate of drug-likeness (QED) is 0.542. The van der Waals surface area contributed by atoms with E-state index in [-0.39, 0.29) is 12.5 Å². The van der Waals surface area contributed by atoms with Crippen LogP contribution in [0.1, 0.15) is 6.92 Å². The molecule has 0 aromatic carbocycles. The van der Waals surface area contributed by atoms with E-state index < -0.39 is 0 Å². The number of likely N-dealkylation sites (N-methyl/N-ethyl adjacent to an activating group) is 1. The largest absolute Gasteiger partial charge is 0.468 e. The van der Waals surface area contributed by atoms with Gasteiger partial charge in [-0.2, -0.15) is 0 Å². The Balaban J connectivity index is 3.68. The van der Waals surface area contributed by atoms with E-state index in [2.05, 4.69) is 11.3 Å². The summed E-state index contributed by atoms with van der Waals surface area (Å²) in [7, 11) is 3.16. The number of hydrogen-bond donors (Lipinski definition) is 0. The lowest BCUT2D eigenvalue weighted by Crippen LogP contribution is -2.24. The summed E-state index contributed by atoms with van der Waals surface area (Å²) in [5.41, 5.74) is 0.852. The monoisotopic (exact) mass is 143 g/mol. The third-order valence-corrected chi connectivity index (χ3v) is 1.25. The molecule has 0 fully saturated rings. The first-order valence-electron chi connectivity index (χ1n) is 3.01. The summed E-state index contributed by atoms with van der Waals surface area (Å²) in [6, 6.07) is 0. The molecule has 0 aromatic heterocycles. The van der Waals surface area contributed by atoms with Crippen LogP contribution in [0.5, 0.6) is 0 Å². The van der Waals surface area contributed by atoms with Crippen molar-refractivity contribution in [2.24, 2.45) is 0 Å². The molecule has 0 atom stereocenters. The van der Waals surface area contributed by atoms with Crippen molar-refractivity contribution in [1.29, 1.82) is 0 Å². The van der Waals surface area contributed by atoms with Crippen LogP contribution in [0.3, 0.4) is 0 Å². The van der Waals surface area contributed by atoms with E-state index in [4.69, 9.17) is 0 Å². The molecule has 0 spiro atoms. The Hall–Kier alpha value is -0.990. The van der Waals surface area contributed by atoms with Crippen molar-refractivity contribution < 1.29 is 9.53 Å². The highest BCUT2D eigenvalue weighted by molar-refractivity contribution is 5.71. The Morgan fingerprint density at radius 2 is 2.20 bits per heavy atom. The number of allylic oxidation sites excluding steroid dienone is 1. The van der Waals surface area contributed by atoms with Crippen LogP contribution >= 0.6 is 0 Å². The van der Waals surface area contributed by atoms with E-state index in [0.717, 1.165) is 5.70 Å². The van der Waals surface area contributed by atoms with Crippen molar-refractivity contribution in [1.82, 2.24) is 4.90 Å². The average Bonchev–Trinajstić information content (AvgIpc) is 1.87. The minimum absolute atomic E-state index is 0.245. The van der Waals surface area contributed by atoms with Gasteiger partial charge >= 0.3 is 5.97 Å². The van der Waals surface area contributed by atoms with Gasteiger partial charge in [0.05, 0.1) is 7.11 Å². The molecule has 3 heteroatoms. The normalized spacial score (nSPS) is 8.70. The van der Waals surface area contributed by atoms with Crippen molar-refractivity contribution in [3.8, 4) is 0 Å². The molecule has 0 aromatic rings. The molecule has 3 nitrogen and oxygen atoms in total. The fourth-order valence-corrected chi connectivity index (χ4v) is 0.393. The van der Waals surface area contributed by atoms with Gasteiger partial charge in [-0.1, -0.05) is 6.58 Å². The molecular weight excluding hydrogens is 130 g/mol. The predicted molar refractivity (Wildman–Crippen MR) is 39.5 cm³/mol. The second kappa shape index (κ2) is 3.93. The summed E-state index contributed by atoms with van der Waals surface area (Å²) in [4.78, 5) is 12.3. The molecule has 0 aliphatic heterocycles. The van der Waals surface area contributed by atoms with E-state index in [1.807, 2.05) is 6.92 Å². The van der Waals surface area contributed by atoms with Crippen LogP contribution in [0.25, 0.3) is 0 Å². The number of carbonyl (C=O) groups excluding carboxylic acids is 1. The molecule has 0 heterocycles. The first kappa shape index (κ1) is 9.01. The fraction of sp³-hybridized carbons (Fsp3) is 0.571. The Labute approximate surface area is 61.3 Å². The van der Waals surface area contributed by atoms with Crippen molar-refractivity contribution >= 4 is 5.97 Å². The van der Waals surface area contributed by atoms with Gasteiger partial charge in [0, 0.05) is 12.7 Å². The Morgan fingerprint density at radius 1 is 1.70 bits per heavy atom. The minimum Gasteiger partial charge on any atom is -0.468 e. The van der Waals surface area contributed by atoms with Gasteiger partial charge in [-0.15, -0.1) is 0 Å². The maximum absolute atomic E-state index is 10.6. The zero-order valence-corrected chi connectivity index (χ0v) is 6.68. The Bertz CT molecular complexity index is 143. The van der Waals surface area contributed by atoms with Crippen molar-refractivity contribution in [2.75, 3.05) is 20.7 Å². The number of hydrogen-bond acceptors (Lipinski definition) is 3. The van der Waals surface area contributed by atoms with Crippen LogP contribution in [-0.4, -0.2) is 31.6 Å². The first-order chi connectivity index (χ1) is 4.57. The van der Waals surface area contributed by atoms with Gasteiger partial charge in [0.15, 0.2) is 0 Å². The van der Waals surface area contributed by atoms with Crippen LogP contribution in [-0.2, 0) is 9.53 Å². The number of carbonyl (C=O) groups is 1. The minimum atomic E-state index is -0.245. The number of nitrogens with zero attached hydrogens (tertiary/aromatic N) is 1. The van der Waals surface area contributed by atoms with Crippen LogP contribution in [0.15, 0.2) is 12.3 Å². The molecular formula is C7H13NO2. The SMILES string of the molecule is C=C(C)N(C)CC(=O)OC. The highest BCUT2D eigenvalue weighted by Crippen LogP contribution is 1.94. The standard InChI is InChI=1S/C7H13NO2/c1-6(2)8(3)5-7(9)10-4/h1,5H2,2-4H3. The van der Waals surface area contributed by atoms with Gasteiger partial charge in [0.2, 0.25) is 0 Å². The van der Waals surface area contributed by atoms with E-state index in [1.54, 1.807) is 11.9 Å². The smallest absolute Gasteiger partial charge is 0.325 e. The Morgan fingerprint density at radius 3 is 2.50 bits per heavy atom. The summed E-state index contributed by atoms with van der Waals surface area (Å²) < 4.78 is 4.45. The second-order valence-electron chi connectivity index (χ2n) is 2.17. The zero-order valence-electron chi connectivity index (χ0n) is 6.68. The third-order valence-electron chi connectivity index (χ3n) is 1.25. The van der Waals surface area contributed by atoms with Crippen molar-refractivity contribution in [3.63, 3.8) is 0 Å². The highest BCUT2D eigenvalue weighted by Gasteiger charge is 2.03. The molecule has 0 saturated heterocycles. The van der Waals surface area contributed by atoms with E-state index >= 15 is 0 Å². The van der Waals surface area contributed by atoms with Gasteiger partial charge in [-0.3, -0.25) is 4.79 Å². The molecule has 0 N–H and O–H groups in total. The molecule has 58 valence electrons. The van der Waals surface area contributed by atoms with Crippen molar-refractivity contribution in [2.45, 2.75) is 6.92 Å². The zero-order chi connectivity index (χ0) is 8.15. The molecule has 10 heavy (non-hydrogen) atoms. The van der Waals surface area contributed by atoms with Crippen LogP contribution in [0.2, 0.25) is 0 Å². The average molecular weight is 143 g/mol. The van der Waals surface area contributed by atoms with Crippen LogP contribution < -0.4 is 0 Å². The van der Waals surface area contributed by atoms with E-state index in [9.17, 15) is 4.79 Å². The topological polar surface area (TPSA) is 29.5 Å². The molecule has 0 aliphatic rings. The molecule has 0 aliphatic carbocycles. The number of ether oxygens (including phenoxy) is 1. The molecule has 0 rings (SSSR count). The number of rotatable bonds is 3. The summed E-state index contributed by atoms with van der Waals surface area (Å²) in [5.74, 6) is -0.245. The summed E-state index contributed by atoms with van der Waals surface area (Å²) >= 11 is 0. The molecule has 0 unspecified atom stereocenters. The lowest BCUT2D eigenvalue weighted by Gasteiger charge is -2.16. The molecule has 0 saturated carbocycles. The maximum Gasteiger partial charge on any atom is 0.325 e. The summed E-state index contributed by atoms with van der Waals surface area (Å²) in [6.07, 6.45) is 0. The van der Waals surface area contributed by atoms with Crippen molar-refractivity contribution in [3.05, 3.63) is 12.3 Å². The van der Waals surface area contributed by atoms with E-state index in [0.29, 0.717) is 0 Å². The molecule has 0 amide bonds. The van der Waals surface area contributed by atoms with Gasteiger partial charge in [0.25, 0.3) is 0 Å².